The topological polar surface area (TPSA) is 37.8 Å². The summed E-state index contributed by atoms with van der Waals surface area (Å²) in [5.41, 5.74) is 2.19. The van der Waals surface area contributed by atoms with Crippen molar-refractivity contribution in [2.45, 2.75) is 0 Å². The van der Waals surface area contributed by atoms with Crippen molar-refractivity contribution in [3.63, 3.8) is 0 Å². The van der Waals surface area contributed by atoms with E-state index in [4.69, 9.17) is 11.6 Å². The fourth-order valence-electron chi connectivity index (χ4n) is 1.75. The molecule has 3 nitrogen and oxygen atoms in total. The number of benzene rings is 2. The Morgan fingerprint density at radius 1 is 1.05 bits per heavy atom. The van der Waals surface area contributed by atoms with Crippen molar-refractivity contribution >= 4 is 34.1 Å². The molecule has 19 heavy (non-hydrogen) atoms. The van der Waals surface area contributed by atoms with Gasteiger partial charge in [0.15, 0.2) is 0 Å². The molecule has 0 aliphatic carbocycles. The molecule has 5 heteroatoms. The predicted molar refractivity (Wildman–Crippen MR) is 74.2 cm³/mol. The van der Waals surface area contributed by atoms with E-state index in [9.17, 15) is 4.39 Å². The maximum Gasteiger partial charge on any atom is 0.149 e. The monoisotopic (exact) mass is 273 g/mol. The molecular formula is C14H9ClFN3. The zero-order chi connectivity index (χ0) is 13.2. The van der Waals surface area contributed by atoms with Crippen LogP contribution in [0, 0.1) is 5.82 Å². The summed E-state index contributed by atoms with van der Waals surface area (Å²) < 4.78 is 13.0. The van der Waals surface area contributed by atoms with Crippen molar-refractivity contribution in [1.82, 2.24) is 9.97 Å². The number of nitrogens with zero attached hydrogens (tertiary/aromatic N) is 2. The Kier molecular flexibility index (Phi) is 3.01. The summed E-state index contributed by atoms with van der Waals surface area (Å²) in [5.74, 6) is 0.187. The summed E-state index contributed by atoms with van der Waals surface area (Å²) in [4.78, 5) is 8.69. The largest absolute Gasteiger partial charge is 0.338 e. The molecule has 0 saturated carbocycles. The third-order valence-corrected chi connectivity index (χ3v) is 2.96. The van der Waals surface area contributed by atoms with Crippen LogP contribution in [-0.4, -0.2) is 9.97 Å². The van der Waals surface area contributed by atoms with E-state index in [0.717, 1.165) is 11.0 Å². The highest BCUT2D eigenvalue weighted by atomic mass is 35.5. The van der Waals surface area contributed by atoms with Crippen LogP contribution in [0.2, 0.25) is 5.02 Å². The molecule has 1 N–H and O–H groups in total. The molecule has 1 aromatic heterocycles. The quantitative estimate of drug-likeness (QED) is 0.762. The van der Waals surface area contributed by atoms with E-state index >= 15 is 0 Å². The molecule has 3 aromatic rings. The zero-order valence-electron chi connectivity index (χ0n) is 9.77. The summed E-state index contributed by atoms with van der Waals surface area (Å²) >= 11 is 5.95. The van der Waals surface area contributed by atoms with Gasteiger partial charge in [0.2, 0.25) is 0 Å². The minimum atomic E-state index is -0.375. The smallest absolute Gasteiger partial charge is 0.149 e. The van der Waals surface area contributed by atoms with Crippen LogP contribution < -0.4 is 5.32 Å². The van der Waals surface area contributed by atoms with Crippen LogP contribution in [-0.2, 0) is 0 Å². The molecule has 0 bridgehead atoms. The van der Waals surface area contributed by atoms with Crippen LogP contribution >= 0.6 is 11.6 Å². The van der Waals surface area contributed by atoms with Crippen LogP contribution in [0.3, 0.4) is 0 Å². The molecular weight excluding hydrogens is 265 g/mol. The number of para-hydroxylation sites is 2. The molecule has 2 aromatic carbocycles. The first-order chi connectivity index (χ1) is 9.22. The fourth-order valence-corrected chi connectivity index (χ4v) is 1.96. The maximum absolute atomic E-state index is 13.0. The molecule has 0 amide bonds. The second-order valence-corrected chi connectivity index (χ2v) is 4.40. The predicted octanol–water partition coefficient (Wildman–Crippen LogP) is 4.17. The summed E-state index contributed by atoms with van der Waals surface area (Å²) in [6.07, 6.45) is 1.61. The van der Waals surface area contributed by atoms with Gasteiger partial charge in [-0.2, -0.15) is 0 Å². The summed E-state index contributed by atoms with van der Waals surface area (Å²) in [6, 6.07) is 11.7. The summed E-state index contributed by atoms with van der Waals surface area (Å²) in [6.45, 7) is 0. The average Bonchev–Trinajstić information content (AvgIpc) is 2.42. The van der Waals surface area contributed by atoms with Gasteiger partial charge in [-0.15, -0.1) is 0 Å². The number of anilines is 2. The highest BCUT2D eigenvalue weighted by Gasteiger charge is 2.04. The van der Waals surface area contributed by atoms with E-state index in [1.807, 2.05) is 24.3 Å². The lowest BCUT2D eigenvalue weighted by molar-refractivity contribution is 0.628. The Morgan fingerprint density at radius 3 is 2.63 bits per heavy atom. The van der Waals surface area contributed by atoms with Gasteiger partial charge >= 0.3 is 0 Å². The van der Waals surface area contributed by atoms with Crippen LogP contribution in [0.15, 0.2) is 48.7 Å². The van der Waals surface area contributed by atoms with Crippen molar-refractivity contribution in [2.24, 2.45) is 0 Å². The minimum Gasteiger partial charge on any atom is -0.338 e. The van der Waals surface area contributed by atoms with Crippen molar-refractivity contribution < 1.29 is 4.39 Å². The normalized spacial score (nSPS) is 10.6. The van der Waals surface area contributed by atoms with Gasteiger partial charge in [0.1, 0.15) is 11.6 Å². The highest BCUT2D eigenvalue weighted by Crippen LogP contribution is 2.25. The summed E-state index contributed by atoms with van der Waals surface area (Å²) in [7, 11) is 0. The van der Waals surface area contributed by atoms with Gasteiger partial charge in [0, 0.05) is 0 Å². The lowest BCUT2D eigenvalue weighted by Gasteiger charge is -2.07. The van der Waals surface area contributed by atoms with Crippen molar-refractivity contribution in [3.8, 4) is 0 Å². The first kappa shape index (κ1) is 11.9. The van der Waals surface area contributed by atoms with Gasteiger partial charge in [0.05, 0.1) is 27.9 Å². The van der Waals surface area contributed by atoms with Crippen LogP contribution in [0.4, 0.5) is 15.9 Å². The van der Waals surface area contributed by atoms with Gasteiger partial charge in [-0.3, -0.25) is 4.98 Å². The van der Waals surface area contributed by atoms with E-state index in [0.29, 0.717) is 16.5 Å². The Hall–Kier alpha value is -2.20. The van der Waals surface area contributed by atoms with Crippen molar-refractivity contribution in [1.29, 1.82) is 0 Å². The first-order valence-corrected chi connectivity index (χ1v) is 6.04. The lowest BCUT2D eigenvalue weighted by Crippen LogP contribution is -1.96. The summed E-state index contributed by atoms with van der Waals surface area (Å²) in [5, 5.41) is 3.32. The van der Waals surface area contributed by atoms with E-state index in [2.05, 4.69) is 15.3 Å². The van der Waals surface area contributed by atoms with E-state index in [1.165, 1.54) is 12.1 Å². The second-order valence-electron chi connectivity index (χ2n) is 3.99. The van der Waals surface area contributed by atoms with Gasteiger partial charge in [-0.05, 0) is 30.3 Å². The number of halogens is 2. The molecule has 0 aliphatic heterocycles. The van der Waals surface area contributed by atoms with Crippen molar-refractivity contribution in [2.75, 3.05) is 5.32 Å². The number of aromatic nitrogens is 2. The molecule has 0 radical (unpaired) electrons. The Labute approximate surface area is 114 Å². The Morgan fingerprint density at radius 2 is 1.84 bits per heavy atom. The molecule has 0 aliphatic rings. The molecule has 0 spiro atoms. The molecule has 0 atom stereocenters. The molecule has 1 heterocycles. The van der Waals surface area contributed by atoms with Gasteiger partial charge in [-0.25, -0.2) is 9.37 Å². The number of fused-ring (bicyclic) bond motifs is 1. The van der Waals surface area contributed by atoms with E-state index in [1.54, 1.807) is 12.3 Å². The van der Waals surface area contributed by atoms with Crippen molar-refractivity contribution in [3.05, 3.63) is 59.5 Å². The number of nitrogens with one attached hydrogen (secondary N) is 1. The molecule has 3 rings (SSSR count). The molecule has 0 unspecified atom stereocenters. The third-order valence-electron chi connectivity index (χ3n) is 2.64. The molecule has 94 valence electrons. The van der Waals surface area contributed by atoms with E-state index in [-0.39, 0.29) is 5.82 Å². The number of hydrogen-bond acceptors (Lipinski definition) is 3. The Bertz CT molecular complexity index is 746. The maximum atomic E-state index is 13.0. The van der Waals surface area contributed by atoms with Crippen LogP contribution in [0.1, 0.15) is 0 Å². The number of hydrogen-bond donors (Lipinski definition) is 1. The highest BCUT2D eigenvalue weighted by molar-refractivity contribution is 6.33. The van der Waals surface area contributed by atoms with Crippen LogP contribution in [0.5, 0.6) is 0 Å². The second kappa shape index (κ2) is 4.82. The van der Waals surface area contributed by atoms with Gasteiger partial charge in [0.25, 0.3) is 0 Å². The third kappa shape index (κ3) is 2.48. The molecule has 0 fully saturated rings. The standard InChI is InChI=1S/C14H9ClFN3/c15-10-7-9(16)5-6-11(10)18-14-8-17-12-3-1-2-4-13(12)19-14/h1-8H,(H,18,19). The van der Waals surface area contributed by atoms with Gasteiger partial charge in [-0.1, -0.05) is 23.7 Å². The SMILES string of the molecule is Fc1ccc(Nc2cnc3ccccc3n2)c(Cl)c1. The van der Waals surface area contributed by atoms with Crippen LogP contribution in [0.25, 0.3) is 11.0 Å². The zero-order valence-corrected chi connectivity index (χ0v) is 10.5. The number of rotatable bonds is 2. The first-order valence-electron chi connectivity index (χ1n) is 5.66. The van der Waals surface area contributed by atoms with Gasteiger partial charge < -0.3 is 5.32 Å². The average molecular weight is 274 g/mol. The Balaban J connectivity index is 1.96. The van der Waals surface area contributed by atoms with E-state index < -0.39 is 0 Å². The minimum absolute atomic E-state index is 0.301. The molecule has 0 saturated heterocycles. The lowest BCUT2D eigenvalue weighted by atomic mass is 10.3. The fraction of sp³-hybridized carbons (Fsp3) is 0.